The van der Waals surface area contributed by atoms with Gasteiger partial charge in [-0.15, -0.1) is 11.3 Å². The zero-order valence-corrected chi connectivity index (χ0v) is 14.8. The summed E-state index contributed by atoms with van der Waals surface area (Å²) in [4.78, 5) is 33.8. The van der Waals surface area contributed by atoms with E-state index in [0.717, 1.165) is 24.4 Å². The number of carbonyl (C=O) groups excluding carboxylic acids is 2. The number of fused-ring (bicyclic) bond motifs is 1. The summed E-state index contributed by atoms with van der Waals surface area (Å²) in [5.41, 5.74) is 3.56. The van der Waals surface area contributed by atoms with Gasteiger partial charge in [0.15, 0.2) is 5.78 Å². The number of rotatable bonds is 5. The molecule has 2 aromatic rings. The summed E-state index contributed by atoms with van der Waals surface area (Å²) in [6.07, 6.45) is 5.13. The number of thiophene rings is 1. The second-order valence-corrected chi connectivity index (χ2v) is 7.17. The predicted molar refractivity (Wildman–Crippen MR) is 93.8 cm³/mol. The van der Waals surface area contributed by atoms with E-state index >= 15 is 0 Å². The molecular weight excluding hydrogens is 322 g/mol. The highest BCUT2D eigenvalue weighted by molar-refractivity contribution is 7.15. The average molecular weight is 343 g/mol. The Labute approximate surface area is 145 Å². The van der Waals surface area contributed by atoms with Crippen molar-refractivity contribution in [2.75, 3.05) is 6.54 Å². The van der Waals surface area contributed by atoms with Gasteiger partial charge in [0.1, 0.15) is 5.82 Å². The molecule has 0 saturated carbocycles. The third kappa shape index (κ3) is 3.70. The maximum Gasteiger partial charge on any atom is 0.261 e. The molecule has 0 spiro atoms. The Bertz CT molecular complexity index is 783. The van der Waals surface area contributed by atoms with Gasteiger partial charge < -0.3 is 5.32 Å². The first-order valence-electron chi connectivity index (χ1n) is 8.29. The minimum absolute atomic E-state index is 0.0167. The summed E-state index contributed by atoms with van der Waals surface area (Å²) in [7, 11) is 0. The third-order valence-corrected chi connectivity index (χ3v) is 5.43. The van der Waals surface area contributed by atoms with Gasteiger partial charge in [-0.25, -0.2) is 9.97 Å². The third-order valence-electron chi connectivity index (χ3n) is 4.25. The van der Waals surface area contributed by atoms with Crippen molar-refractivity contribution in [3.05, 3.63) is 44.7 Å². The summed E-state index contributed by atoms with van der Waals surface area (Å²) in [5.74, 6) is 0.628. The fourth-order valence-corrected chi connectivity index (χ4v) is 3.80. The number of Topliss-reactive ketones (excluding diaryl/α,β-unsaturated/α-hetero) is 1. The van der Waals surface area contributed by atoms with Gasteiger partial charge in [-0.2, -0.15) is 0 Å². The standard InChI is InChI=1S/C18H21N3O2S/c1-11-13-5-3-4-6-14(13)21-17(20-11)9-10-19-18(23)16-8-7-15(24-16)12(2)22/h7-8H,3-6,9-10H2,1-2H3,(H,19,23). The molecule has 126 valence electrons. The van der Waals surface area contributed by atoms with Crippen molar-refractivity contribution in [1.29, 1.82) is 0 Å². The Morgan fingerprint density at radius 1 is 1.17 bits per heavy atom. The van der Waals surface area contributed by atoms with Gasteiger partial charge in [-0.3, -0.25) is 9.59 Å². The number of hydrogen-bond acceptors (Lipinski definition) is 5. The number of aryl methyl sites for hydroxylation is 2. The van der Waals surface area contributed by atoms with Gasteiger partial charge in [0, 0.05) is 24.4 Å². The number of aromatic nitrogens is 2. The van der Waals surface area contributed by atoms with Crippen LogP contribution in [-0.4, -0.2) is 28.2 Å². The summed E-state index contributed by atoms with van der Waals surface area (Å²) < 4.78 is 0. The normalized spacial score (nSPS) is 13.4. The molecule has 6 heteroatoms. The lowest BCUT2D eigenvalue weighted by atomic mass is 9.95. The number of amides is 1. The molecule has 0 fully saturated rings. The SMILES string of the molecule is CC(=O)c1ccc(C(=O)NCCc2nc(C)c3c(n2)CCCC3)s1. The summed E-state index contributed by atoms with van der Waals surface area (Å²) >= 11 is 1.22. The van der Waals surface area contributed by atoms with Crippen LogP contribution in [-0.2, 0) is 19.3 Å². The minimum atomic E-state index is -0.151. The molecule has 0 aromatic carbocycles. The Hall–Kier alpha value is -2.08. The molecule has 1 amide bonds. The van der Waals surface area contributed by atoms with Crippen molar-refractivity contribution in [2.45, 2.75) is 46.0 Å². The average Bonchev–Trinajstić information content (AvgIpc) is 3.05. The van der Waals surface area contributed by atoms with Gasteiger partial charge in [0.25, 0.3) is 5.91 Å². The first-order valence-corrected chi connectivity index (χ1v) is 9.10. The van der Waals surface area contributed by atoms with E-state index in [1.165, 1.54) is 42.4 Å². The van der Waals surface area contributed by atoms with Gasteiger partial charge >= 0.3 is 0 Å². The lowest BCUT2D eigenvalue weighted by Gasteiger charge is -2.17. The van der Waals surface area contributed by atoms with Crippen LogP contribution in [0.15, 0.2) is 12.1 Å². The van der Waals surface area contributed by atoms with E-state index in [1.54, 1.807) is 12.1 Å². The first-order chi connectivity index (χ1) is 11.5. The quantitative estimate of drug-likeness (QED) is 0.847. The highest BCUT2D eigenvalue weighted by Crippen LogP contribution is 2.21. The largest absolute Gasteiger partial charge is 0.351 e. The highest BCUT2D eigenvalue weighted by atomic mass is 32.1. The van der Waals surface area contributed by atoms with Crippen LogP contribution in [0.2, 0.25) is 0 Å². The van der Waals surface area contributed by atoms with E-state index in [4.69, 9.17) is 0 Å². The molecule has 2 heterocycles. The highest BCUT2D eigenvalue weighted by Gasteiger charge is 2.16. The van der Waals surface area contributed by atoms with E-state index < -0.39 is 0 Å². The number of nitrogens with zero attached hydrogens (tertiary/aromatic N) is 2. The molecule has 24 heavy (non-hydrogen) atoms. The Morgan fingerprint density at radius 2 is 1.92 bits per heavy atom. The van der Waals surface area contributed by atoms with E-state index in [0.29, 0.717) is 22.7 Å². The summed E-state index contributed by atoms with van der Waals surface area (Å²) in [5, 5.41) is 2.88. The maximum atomic E-state index is 12.1. The first kappa shape index (κ1) is 16.8. The molecule has 0 unspecified atom stereocenters. The molecule has 2 aromatic heterocycles. The van der Waals surface area contributed by atoms with E-state index in [1.807, 2.05) is 6.92 Å². The smallest absolute Gasteiger partial charge is 0.261 e. The van der Waals surface area contributed by atoms with Gasteiger partial charge in [-0.05, 0) is 57.2 Å². The maximum absolute atomic E-state index is 12.1. The van der Waals surface area contributed by atoms with Crippen molar-refractivity contribution in [2.24, 2.45) is 0 Å². The summed E-state index contributed by atoms with van der Waals surface area (Å²) in [6, 6.07) is 3.38. The van der Waals surface area contributed by atoms with Crippen LogP contribution in [0.3, 0.4) is 0 Å². The van der Waals surface area contributed by atoms with Crippen LogP contribution in [0, 0.1) is 6.92 Å². The Balaban J connectivity index is 1.59. The zero-order valence-electron chi connectivity index (χ0n) is 14.0. The lowest BCUT2D eigenvalue weighted by molar-refractivity contribution is 0.0957. The van der Waals surface area contributed by atoms with Crippen LogP contribution < -0.4 is 5.32 Å². The van der Waals surface area contributed by atoms with Crippen LogP contribution in [0.1, 0.15) is 61.9 Å². The van der Waals surface area contributed by atoms with Crippen LogP contribution in [0.25, 0.3) is 0 Å². The second kappa shape index (κ2) is 7.21. The number of nitrogens with one attached hydrogen (secondary N) is 1. The monoisotopic (exact) mass is 343 g/mol. The summed E-state index contributed by atoms with van der Waals surface area (Å²) in [6.45, 7) is 4.04. The Morgan fingerprint density at radius 3 is 2.67 bits per heavy atom. The molecule has 0 bridgehead atoms. The molecule has 0 radical (unpaired) electrons. The molecule has 5 nitrogen and oxygen atoms in total. The van der Waals surface area contributed by atoms with Gasteiger partial charge in [0.05, 0.1) is 9.75 Å². The number of carbonyl (C=O) groups is 2. The second-order valence-electron chi connectivity index (χ2n) is 6.08. The fraction of sp³-hybridized carbons (Fsp3) is 0.444. The van der Waals surface area contributed by atoms with Crippen LogP contribution in [0.5, 0.6) is 0 Å². The molecule has 0 atom stereocenters. The van der Waals surface area contributed by atoms with E-state index in [-0.39, 0.29) is 11.7 Å². The molecule has 3 rings (SSSR count). The molecule has 0 aliphatic heterocycles. The molecule has 0 saturated heterocycles. The number of ketones is 1. The fourth-order valence-electron chi connectivity index (χ4n) is 2.98. The molecule has 1 N–H and O–H groups in total. The topological polar surface area (TPSA) is 72.0 Å². The van der Waals surface area contributed by atoms with E-state index in [9.17, 15) is 9.59 Å². The minimum Gasteiger partial charge on any atom is -0.351 e. The Kier molecular flexibility index (Phi) is 5.04. The lowest BCUT2D eigenvalue weighted by Crippen LogP contribution is -2.25. The van der Waals surface area contributed by atoms with Crippen molar-refractivity contribution >= 4 is 23.0 Å². The predicted octanol–water partition coefficient (Wildman–Crippen LogP) is 2.90. The molecule has 1 aliphatic carbocycles. The zero-order chi connectivity index (χ0) is 17.1. The van der Waals surface area contributed by atoms with Crippen molar-refractivity contribution in [1.82, 2.24) is 15.3 Å². The number of hydrogen-bond donors (Lipinski definition) is 1. The molecular formula is C18H21N3O2S. The van der Waals surface area contributed by atoms with Crippen LogP contribution in [0.4, 0.5) is 0 Å². The van der Waals surface area contributed by atoms with E-state index in [2.05, 4.69) is 15.3 Å². The van der Waals surface area contributed by atoms with Gasteiger partial charge in [0.2, 0.25) is 0 Å². The van der Waals surface area contributed by atoms with Gasteiger partial charge in [-0.1, -0.05) is 0 Å². The van der Waals surface area contributed by atoms with Crippen molar-refractivity contribution < 1.29 is 9.59 Å². The van der Waals surface area contributed by atoms with Crippen LogP contribution >= 0.6 is 11.3 Å². The molecule has 1 aliphatic rings. The van der Waals surface area contributed by atoms with Crippen molar-refractivity contribution in [3.8, 4) is 0 Å². The van der Waals surface area contributed by atoms with Crippen molar-refractivity contribution in [3.63, 3.8) is 0 Å².